The van der Waals surface area contributed by atoms with Crippen LogP contribution in [0, 0.1) is 13.8 Å². The largest absolute Gasteiger partial charge is 0.503 e. The zero-order chi connectivity index (χ0) is 19.8. The molecule has 5 nitrogen and oxygen atoms in total. The molecule has 2 aromatic carbocycles. The van der Waals surface area contributed by atoms with Crippen LogP contribution in [0.3, 0.4) is 0 Å². The minimum atomic E-state index is -0.744. The maximum atomic E-state index is 13.1. The van der Waals surface area contributed by atoms with Gasteiger partial charge in [-0.05, 0) is 48.7 Å². The van der Waals surface area contributed by atoms with Crippen LogP contribution in [0.15, 0.2) is 82.7 Å². The van der Waals surface area contributed by atoms with Crippen molar-refractivity contribution in [2.45, 2.75) is 19.9 Å². The third-order valence-electron chi connectivity index (χ3n) is 5.15. The van der Waals surface area contributed by atoms with Crippen molar-refractivity contribution in [3.8, 4) is 0 Å². The van der Waals surface area contributed by atoms with Gasteiger partial charge in [0.1, 0.15) is 0 Å². The van der Waals surface area contributed by atoms with E-state index in [1.54, 1.807) is 6.07 Å². The summed E-state index contributed by atoms with van der Waals surface area (Å²) in [5.41, 5.74) is 3.34. The van der Waals surface area contributed by atoms with Crippen LogP contribution in [0.4, 0.5) is 5.69 Å². The van der Waals surface area contributed by atoms with Gasteiger partial charge < -0.3 is 9.52 Å². The van der Waals surface area contributed by atoms with Crippen LogP contribution in [0.25, 0.3) is 0 Å². The van der Waals surface area contributed by atoms with Crippen LogP contribution in [0.5, 0.6) is 0 Å². The molecule has 1 aromatic heterocycles. The van der Waals surface area contributed by atoms with E-state index in [0.29, 0.717) is 5.69 Å². The molecule has 1 amide bonds. The molecule has 140 valence electrons. The molecule has 0 spiro atoms. The number of carbonyl (C=O) groups is 2. The summed E-state index contributed by atoms with van der Waals surface area (Å²) in [5.74, 6) is -1.57. The summed E-state index contributed by atoms with van der Waals surface area (Å²) in [7, 11) is 0. The van der Waals surface area contributed by atoms with E-state index in [1.165, 1.54) is 17.2 Å². The van der Waals surface area contributed by atoms with Crippen LogP contribution < -0.4 is 4.90 Å². The highest BCUT2D eigenvalue weighted by Gasteiger charge is 2.45. The molecule has 5 heteroatoms. The van der Waals surface area contributed by atoms with Crippen molar-refractivity contribution >= 4 is 17.4 Å². The van der Waals surface area contributed by atoms with Crippen molar-refractivity contribution in [1.82, 2.24) is 0 Å². The van der Waals surface area contributed by atoms with Crippen molar-refractivity contribution in [2.75, 3.05) is 4.90 Å². The Hall–Kier alpha value is -3.60. The molecule has 1 N–H and O–H groups in total. The number of aliphatic hydroxyl groups excluding tert-OH is 1. The van der Waals surface area contributed by atoms with E-state index in [4.69, 9.17) is 4.42 Å². The molecule has 1 unspecified atom stereocenters. The molecule has 2 heterocycles. The van der Waals surface area contributed by atoms with Crippen LogP contribution in [-0.2, 0) is 4.79 Å². The standard InChI is InChI=1S/C23H19NO4/c1-14-8-6-11-17(15(14)2)24-20(16-9-4-3-5-10-16)19(22(26)23(24)27)21(25)18-12-7-13-28-18/h3-13,20,26H,1-2H3. The number of anilines is 1. The Balaban J connectivity index is 1.92. The quantitative estimate of drug-likeness (QED) is 0.674. The first-order valence-corrected chi connectivity index (χ1v) is 8.96. The van der Waals surface area contributed by atoms with Gasteiger partial charge in [0.2, 0.25) is 5.78 Å². The van der Waals surface area contributed by atoms with E-state index in [0.717, 1.165) is 16.7 Å². The average Bonchev–Trinajstić information content (AvgIpc) is 3.32. The Morgan fingerprint density at radius 1 is 1.00 bits per heavy atom. The number of aryl methyl sites for hydroxylation is 1. The number of carbonyl (C=O) groups excluding carboxylic acids is 2. The summed E-state index contributed by atoms with van der Waals surface area (Å²) in [4.78, 5) is 27.6. The number of aliphatic hydroxyl groups is 1. The van der Waals surface area contributed by atoms with Gasteiger partial charge in [0.25, 0.3) is 5.91 Å². The van der Waals surface area contributed by atoms with Gasteiger partial charge in [-0.3, -0.25) is 14.5 Å². The maximum absolute atomic E-state index is 13.1. The molecule has 0 radical (unpaired) electrons. The number of benzene rings is 2. The van der Waals surface area contributed by atoms with Gasteiger partial charge in [-0.2, -0.15) is 0 Å². The lowest BCUT2D eigenvalue weighted by Crippen LogP contribution is -2.31. The molecular weight excluding hydrogens is 354 g/mol. The molecule has 4 rings (SSSR count). The number of Topliss-reactive ketones (excluding diaryl/α,β-unsaturated/α-hetero) is 1. The van der Waals surface area contributed by atoms with E-state index >= 15 is 0 Å². The number of rotatable bonds is 4. The van der Waals surface area contributed by atoms with Crippen molar-refractivity contribution < 1.29 is 19.1 Å². The second-order valence-electron chi connectivity index (χ2n) is 6.78. The molecule has 0 saturated heterocycles. The number of nitrogens with zero attached hydrogens (tertiary/aromatic N) is 1. The summed E-state index contributed by atoms with van der Waals surface area (Å²) in [5, 5.41) is 10.7. The second kappa shape index (κ2) is 6.85. The topological polar surface area (TPSA) is 70.8 Å². The van der Waals surface area contributed by atoms with Crippen molar-refractivity contribution in [3.63, 3.8) is 0 Å². The fourth-order valence-corrected chi connectivity index (χ4v) is 3.57. The lowest BCUT2D eigenvalue weighted by molar-refractivity contribution is -0.117. The maximum Gasteiger partial charge on any atom is 0.294 e. The van der Waals surface area contributed by atoms with Crippen LogP contribution in [-0.4, -0.2) is 16.8 Å². The second-order valence-corrected chi connectivity index (χ2v) is 6.78. The number of amides is 1. The normalized spacial score (nSPS) is 16.7. The van der Waals surface area contributed by atoms with Gasteiger partial charge in [0.05, 0.1) is 17.9 Å². The lowest BCUT2D eigenvalue weighted by Gasteiger charge is -2.28. The molecule has 0 aliphatic carbocycles. The third kappa shape index (κ3) is 2.72. The first kappa shape index (κ1) is 17.8. The number of furan rings is 1. The highest BCUT2D eigenvalue weighted by Crippen LogP contribution is 2.43. The average molecular weight is 373 g/mol. The molecule has 1 atom stereocenters. The van der Waals surface area contributed by atoms with Crippen molar-refractivity contribution in [1.29, 1.82) is 0 Å². The molecule has 0 fully saturated rings. The molecule has 0 saturated carbocycles. The van der Waals surface area contributed by atoms with Gasteiger partial charge in [0.15, 0.2) is 11.5 Å². The van der Waals surface area contributed by atoms with Crippen LogP contribution >= 0.6 is 0 Å². The van der Waals surface area contributed by atoms with E-state index in [9.17, 15) is 14.7 Å². The zero-order valence-electron chi connectivity index (χ0n) is 15.5. The van der Waals surface area contributed by atoms with Crippen LogP contribution in [0.1, 0.15) is 33.3 Å². The number of hydrogen-bond donors (Lipinski definition) is 1. The lowest BCUT2D eigenvalue weighted by atomic mass is 9.94. The monoisotopic (exact) mass is 373 g/mol. The Labute approximate surface area is 162 Å². The van der Waals surface area contributed by atoms with E-state index in [1.807, 2.05) is 62.4 Å². The molecule has 0 bridgehead atoms. The fraction of sp³-hybridized carbons (Fsp3) is 0.130. The highest BCUT2D eigenvalue weighted by atomic mass is 16.3. The SMILES string of the molecule is Cc1cccc(N2C(=O)C(O)=C(C(=O)c3ccco3)C2c2ccccc2)c1C. The summed E-state index contributed by atoms with van der Waals surface area (Å²) in [6.45, 7) is 3.88. The molecule has 1 aliphatic heterocycles. The summed E-state index contributed by atoms with van der Waals surface area (Å²) in [6, 6.07) is 17.2. The summed E-state index contributed by atoms with van der Waals surface area (Å²) < 4.78 is 5.23. The number of ketones is 1. The van der Waals surface area contributed by atoms with E-state index in [2.05, 4.69) is 0 Å². The molecule has 3 aromatic rings. The Morgan fingerprint density at radius 3 is 2.43 bits per heavy atom. The van der Waals surface area contributed by atoms with E-state index < -0.39 is 23.5 Å². The Kier molecular flexibility index (Phi) is 4.35. The van der Waals surface area contributed by atoms with Gasteiger partial charge in [-0.1, -0.05) is 42.5 Å². The molecular formula is C23H19NO4. The van der Waals surface area contributed by atoms with Crippen molar-refractivity contribution in [2.24, 2.45) is 0 Å². The smallest absolute Gasteiger partial charge is 0.294 e. The number of hydrogen-bond acceptors (Lipinski definition) is 4. The Morgan fingerprint density at radius 2 is 1.75 bits per heavy atom. The first-order chi connectivity index (χ1) is 13.5. The highest BCUT2D eigenvalue weighted by molar-refractivity contribution is 6.20. The minimum absolute atomic E-state index is 0.0204. The van der Waals surface area contributed by atoms with E-state index in [-0.39, 0.29) is 11.3 Å². The zero-order valence-corrected chi connectivity index (χ0v) is 15.5. The predicted octanol–water partition coefficient (Wildman–Crippen LogP) is 4.68. The van der Waals surface area contributed by atoms with Crippen molar-refractivity contribution in [3.05, 3.63) is 101 Å². The van der Waals surface area contributed by atoms with Gasteiger partial charge >= 0.3 is 0 Å². The Bertz CT molecular complexity index is 1080. The first-order valence-electron chi connectivity index (χ1n) is 8.96. The summed E-state index contributed by atoms with van der Waals surface area (Å²) in [6.07, 6.45) is 1.39. The fourth-order valence-electron chi connectivity index (χ4n) is 3.57. The van der Waals surface area contributed by atoms with Crippen LogP contribution in [0.2, 0.25) is 0 Å². The van der Waals surface area contributed by atoms with Gasteiger partial charge in [-0.15, -0.1) is 0 Å². The summed E-state index contributed by atoms with van der Waals surface area (Å²) >= 11 is 0. The van der Waals surface area contributed by atoms with Gasteiger partial charge in [-0.25, -0.2) is 0 Å². The van der Waals surface area contributed by atoms with Gasteiger partial charge in [0, 0.05) is 5.69 Å². The predicted molar refractivity (Wildman–Crippen MR) is 105 cm³/mol. The molecule has 28 heavy (non-hydrogen) atoms. The minimum Gasteiger partial charge on any atom is -0.503 e. The third-order valence-corrected chi connectivity index (χ3v) is 5.15. The molecule has 1 aliphatic rings.